The average molecular weight is 455 g/mol. The van der Waals surface area contributed by atoms with Gasteiger partial charge in [0.25, 0.3) is 5.91 Å². The zero-order valence-electron chi connectivity index (χ0n) is 14.8. The lowest BCUT2D eigenvalue weighted by Gasteiger charge is -2.12. The van der Waals surface area contributed by atoms with Crippen molar-refractivity contribution in [1.82, 2.24) is 5.32 Å². The fraction of sp³-hybridized carbons (Fsp3) is 0.350. The number of benzene rings is 2. The van der Waals surface area contributed by atoms with Crippen molar-refractivity contribution in [2.75, 3.05) is 19.8 Å². The predicted octanol–water partition coefficient (Wildman–Crippen LogP) is 4.36. The molecular formula is C20H21BrClNO4. The summed E-state index contributed by atoms with van der Waals surface area (Å²) in [5, 5.41) is 3.43. The standard InChI is InChI=1S/C20H21BrClNO4/c21-18-10-15(22)5-8-19(18)27-13-20(24)23-11-14-3-6-16(7-4-14)26-12-17-2-1-9-25-17/h3-8,10,17H,1-2,9,11-13H2,(H,23,24). The third-order valence-corrected chi connectivity index (χ3v) is 4.98. The second kappa shape index (κ2) is 9.97. The number of carbonyl (C=O) groups excluding carboxylic acids is 1. The molecule has 2 aromatic rings. The van der Waals surface area contributed by atoms with E-state index in [0.717, 1.165) is 30.8 Å². The fourth-order valence-corrected chi connectivity index (χ4v) is 3.45. The summed E-state index contributed by atoms with van der Waals surface area (Å²) in [5.74, 6) is 1.18. The van der Waals surface area contributed by atoms with Gasteiger partial charge in [0.15, 0.2) is 6.61 Å². The summed E-state index contributed by atoms with van der Waals surface area (Å²) in [6, 6.07) is 12.8. The van der Waals surface area contributed by atoms with Crippen molar-refractivity contribution in [3.05, 3.63) is 57.5 Å². The monoisotopic (exact) mass is 453 g/mol. The first-order valence-electron chi connectivity index (χ1n) is 8.78. The van der Waals surface area contributed by atoms with Crippen LogP contribution in [0.3, 0.4) is 0 Å². The van der Waals surface area contributed by atoms with E-state index in [1.807, 2.05) is 24.3 Å². The van der Waals surface area contributed by atoms with E-state index < -0.39 is 0 Å². The lowest BCUT2D eigenvalue weighted by Crippen LogP contribution is -2.28. The zero-order valence-corrected chi connectivity index (χ0v) is 17.1. The molecule has 0 bridgehead atoms. The molecule has 1 N–H and O–H groups in total. The maximum Gasteiger partial charge on any atom is 0.258 e. The molecule has 1 amide bonds. The van der Waals surface area contributed by atoms with Gasteiger partial charge in [-0.2, -0.15) is 0 Å². The molecule has 0 spiro atoms. The molecule has 0 aliphatic carbocycles. The average Bonchev–Trinajstić information content (AvgIpc) is 3.18. The molecule has 0 saturated carbocycles. The lowest BCUT2D eigenvalue weighted by atomic mass is 10.2. The minimum Gasteiger partial charge on any atom is -0.491 e. The van der Waals surface area contributed by atoms with Crippen LogP contribution in [0.1, 0.15) is 18.4 Å². The molecule has 1 saturated heterocycles. The van der Waals surface area contributed by atoms with E-state index in [2.05, 4.69) is 21.2 Å². The number of ether oxygens (including phenoxy) is 3. The van der Waals surface area contributed by atoms with Gasteiger partial charge >= 0.3 is 0 Å². The molecule has 7 heteroatoms. The van der Waals surface area contributed by atoms with Gasteiger partial charge in [0, 0.05) is 18.2 Å². The van der Waals surface area contributed by atoms with Gasteiger partial charge in [-0.25, -0.2) is 0 Å². The fourth-order valence-electron chi connectivity index (χ4n) is 2.66. The first-order chi connectivity index (χ1) is 13.1. The number of nitrogens with one attached hydrogen (secondary N) is 1. The first kappa shape index (κ1) is 20.0. The number of halogens is 2. The number of hydrogen-bond acceptors (Lipinski definition) is 4. The molecule has 1 aliphatic heterocycles. The highest BCUT2D eigenvalue weighted by molar-refractivity contribution is 9.10. The third kappa shape index (κ3) is 6.41. The van der Waals surface area contributed by atoms with Crippen LogP contribution in [0.15, 0.2) is 46.9 Å². The van der Waals surface area contributed by atoms with Gasteiger partial charge in [-0.05, 0) is 64.7 Å². The van der Waals surface area contributed by atoms with Crippen LogP contribution in [-0.2, 0) is 16.1 Å². The van der Waals surface area contributed by atoms with Crippen molar-refractivity contribution < 1.29 is 19.0 Å². The Balaban J connectivity index is 1.39. The molecule has 144 valence electrons. The van der Waals surface area contributed by atoms with Crippen LogP contribution in [0.4, 0.5) is 0 Å². The van der Waals surface area contributed by atoms with Crippen LogP contribution in [0.2, 0.25) is 5.02 Å². The molecule has 1 unspecified atom stereocenters. The second-order valence-electron chi connectivity index (χ2n) is 6.23. The quantitative estimate of drug-likeness (QED) is 0.644. The SMILES string of the molecule is O=C(COc1ccc(Cl)cc1Br)NCc1ccc(OCC2CCCO2)cc1. The maximum atomic E-state index is 12.0. The zero-order chi connectivity index (χ0) is 19.1. The summed E-state index contributed by atoms with van der Waals surface area (Å²) in [6.45, 7) is 1.76. The molecule has 5 nitrogen and oxygen atoms in total. The first-order valence-corrected chi connectivity index (χ1v) is 9.95. The minimum absolute atomic E-state index is 0.0667. The van der Waals surface area contributed by atoms with Crippen LogP contribution >= 0.6 is 27.5 Å². The smallest absolute Gasteiger partial charge is 0.258 e. The summed E-state index contributed by atoms with van der Waals surface area (Å²) >= 11 is 9.23. The van der Waals surface area contributed by atoms with Crippen LogP contribution in [0.5, 0.6) is 11.5 Å². The Hall–Kier alpha value is -1.76. The highest BCUT2D eigenvalue weighted by atomic mass is 79.9. The third-order valence-electron chi connectivity index (χ3n) is 4.13. The Labute approximate surface area is 172 Å². The largest absolute Gasteiger partial charge is 0.491 e. The Morgan fingerprint density at radius 1 is 1.22 bits per heavy atom. The summed E-state index contributed by atoms with van der Waals surface area (Å²) in [7, 11) is 0. The second-order valence-corrected chi connectivity index (χ2v) is 7.52. The van der Waals surface area contributed by atoms with E-state index in [1.54, 1.807) is 18.2 Å². The van der Waals surface area contributed by atoms with E-state index in [4.69, 9.17) is 25.8 Å². The molecule has 3 rings (SSSR count). The van der Waals surface area contributed by atoms with E-state index in [1.165, 1.54) is 0 Å². The molecule has 1 atom stereocenters. The Kier molecular flexibility index (Phi) is 7.38. The number of rotatable bonds is 8. The van der Waals surface area contributed by atoms with Gasteiger partial charge < -0.3 is 19.5 Å². The minimum atomic E-state index is -0.199. The van der Waals surface area contributed by atoms with Crippen LogP contribution in [0, 0.1) is 0 Å². The van der Waals surface area contributed by atoms with Crippen molar-refractivity contribution in [1.29, 1.82) is 0 Å². The molecular weight excluding hydrogens is 434 g/mol. The van der Waals surface area contributed by atoms with Gasteiger partial charge in [0.05, 0.1) is 10.6 Å². The highest BCUT2D eigenvalue weighted by Crippen LogP contribution is 2.27. The molecule has 1 fully saturated rings. The van der Waals surface area contributed by atoms with E-state index in [9.17, 15) is 4.79 Å². The van der Waals surface area contributed by atoms with Gasteiger partial charge in [0.1, 0.15) is 18.1 Å². The topological polar surface area (TPSA) is 56.8 Å². The molecule has 0 radical (unpaired) electrons. The van der Waals surface area contributed by atoms with Crippen molar-refractivity contribution in [2.45, 2.75) is 25.5 Å². The Morgan fingerprint density at radius 3 is 2.74 bits per heavy atom. The van der Waals surface area contributed by atoms with Crippen LogP contribution < -0.4 is 14.8 Å². The molecule has 0 aromatic heterocycles. The van der Waals surface area contributed by atoms with E-state index in [-0.39, 0.29) is 18.6 Å². The Morgan fingerprint density at radius 2 is 2.04 bits per heavy atom. The number of carbonyl (C=O) groups is 1. The summed E-state index contributed by atoms with van der Waals surface area (Å²) in [4.78, 5) is 12.0. The van der Waals surface area contributed by atoms with Gasteiger partial charge in [-0.3, -0.25) is 4.79 Å². The molecule has 1 aliphatic rings. The van der Waals surface area contributed by atoms with Crippen molar-refractivity contribution >= 4 is 33.4 Å². The van der Waals surface area contributed by atoms with Gasteiger partial charge in [-0.1, -0.05) is 23.7 Å². The predicted molar refractivity (Wildman–Crippen MR) is 107 cm³/mol. The highest BCUT2D eigenvalue weighted by Gasteiger charge is 2.15. The number of hydrogen-bond donors (Lipinski definition) is 1. The lowest BCUT2D eigenvalue weighted by molar-refractivity contribution is -0.123. The molecule has 27 heavy (non-hydrogen) atoms. The van der Waals surface area contributed by atoms with Gasteiger partial charge in [0.2, 0.25) is 0 Å². The normalized spacial score (nSPS) is 16.1. The Bertz CT molecular complexity index is 763. The van der Waals surface area contributed by atoms with Crippen molar-refractivity contribution in [2.24, 2.45) is 0 Å². The van der Waals surface area contributed by atoms with Crippen LogP contribution in [0.25, 0.3) is 0 Å². The van der Waals surface area contributed by atoms with E-state index >= 15 is 0 Å². The molecule has 1 heterocycles. The van der Waals surface area contributed by atoms with Crippen LogP contribution in [-0.4, -0.2) is 31.8 Å². The van der Waals surface area contributed by atoms with Crippen molar-refractivity contribution in [3.63, 3.8) is 0 Å². The van der Waals surface area contributed by atoms with Gasteiger partial charge in [-0.15, -0.1) is 0 Å². The van der Waals surface area contributed by atoms with E-state index in [0.29, 0.717) is 28.4 Å². The summed E-state index contributed by atoms with van der Waals surface area (Å²) in [5.41, 5.74) is 0.987. The molecule has 2 aromatic carbocycles. The van der Waals surface area contributed by atoms with Crippen molar-refractivity contribution in [3.8, 4) is 11.5 Å². The maximum absolute atomic E-state index is 12.0. The summed E-state index contributed by atoms with van der Waals surface area (Å²) in [6.07, 6.45) is 2.36. The summed E-state index contributed by atoms with van der Waals surface area (Å²) < 4.78 is 17.5. The number of amides is 1.